The number of piperazine rings is 1. The molecule has 6 heteroatoms. The van der Waals surface area contributed by atoms with E-state index in [9.17, 15) is 9.59 Å². The molecule has 2 aliphatic heterocycles. The first-order valence-electron chi connectivity index (χ1n) is 6.58. The molecule has 6 nitrogen and oxygen atoms in total. The normalized spacial score (nSPS) is 20.2. The summed E-state index contributed by atoms with van der Waals surface area (Å²) in [4.78, 5) is 27.7. The highest BCUT2D eigenvalue weighted by molar-refractivity contribution is 5.91. The van der Waals surface area contributed by atoms with Gasteiger partial charge in [-0.05, 0) is 12.1 Å². The Labute approximate surface area is 111 Å². The summed E-state index contributed by atoms with van der Waals surface area (Å²) >= 11 is 0. The number of nitrogens with one attached hydrogen (secondary N) is 1. The molecule has 0 saturated carbocycles. The molecule has 1 aromatic heterocycles. The Morgan fingerprint density at radius 2 is 1.84 bits per heavy atom. The van der Waals surface area contributed by atoms with Gasteiger partial charge in [-0.3, -0.25) is 9.59 Å². The topological polar surface area (TPSA) is 65.8 Å². The van der Waals surface area contributed by atoms with Gasteiger partial charge in [-0.15, -0.1) is 0 Å². The van der Waals surface area contributed by atoms with Crippen LogP contribution in [-0.2, 0) is 4.79 Å². The van der Waals surface area contributed by atoms with Crippen molar-refractivity contribution in [3.05, 3.63) is 24.2 Å². The third-order valence-electron chi connectivity index (χ3n) is 3.74. The lowest BCUT2D eigenvalue weighted by molar-refractivity contribution is -0.138. The Bertz CT molecular complexity index is 459. The first-order chi connectivity index (χ1) is 9.25. The van der Waals surface area contributed by atoms with Crippen molar-refractivity contribution in [2.75, 3.05) is 39.3 Å². The zero-order valence-electron chi connectivity index (χ0n) is 10.7. The van der Waals surface area contributed by atoms with Gasteiger partial charge in [0.2, 0.25) is 5.91 Å². The van der Waals surface area contributed by atoms with Gasteiger partial charge in [-0.2, -0.15) is 0 Å². The van der Waals surface area contributed by atoms with E-state index in [1.165, 1.54) is 6.26 Å². The van der Waals surface area contributed by atoms with Crippen molar-refractivity contribution >= 4 is 11.8 Å². The molecule has 1 N–H and O–H groups in total. The quantitative estimate of drug-likeness (QED) is 0.801. The van der Waals surface area contributed by atoms with Gasteiger partial charge >= 0.3 is 0 Å². The molecule has 0 aromatic carbocycles. The van der Waals surface area contributed by atoms with Crippen LogP contribution in [0.1, 0.15) is 10.6 Å². The Morgan fingerprint density at radius 1 is 1.16 bits per heavy atom. The van der Waals surface area contributed by atoms with Gasteiger partial charge in [-0.25, -0.2) is 0 Å². The van der Waals surface area contributed by atoms with Crippen LogP contribution in [0, 0.1) is 5.92 Å². The molecular formula is C13H17N3O3. The number of carbonyl (C=O) groups is 2. The van der Waals surface area contributed by atoms with Crippen molar-refractivity contribution < 1.29 is 14.0 Å². The minimum Gasteiger partial charge on any atom is -0.459 e. The van der Waals surface area contributed by atoms with E-state index in [1.807, 2.05) is 4.90 Å². The van der Waals surface area contributed by atoms with Crippen molar-refractivity contribution in [1.82, 2.24) is 15.1 Å². The Morgan fingerprint density at radius 3 is 2.37 bits per heavy atom. The van der Waals surface area contributed by atoms with Gasteiger partial charge < -0.3 is 19.5 Å². The second-order valence-electron chi connectivity index (χ2n) is 4.95. The van der Waals surface area contributed by atoms with Crippen LogP contribution in [0.25, 0.3) is 0 Å². The van der Waals surface area contributed by atoms with Gasteiger partial charge in [-0.1, -0.05) is 0 Å². The maximum absolute atomic E-state index is 12.1. The maximum Gasteiger partial charge on any atom is 0.289 e. The summed E-state index contributed by atoms with van der Waals surface area (Å²) in [6.45, 7) is 3.94. The molecule has 0 aliphatic carbocycles. The zero-order valence-corrected chi connectivity index (χ0v) is 10.7. The summed E-state index contributed by atoms with van der Waals surface area (Å²) in [6.07, 6.45) is 1.50. The van der Waals surface area contributed by atoms with Crippen LogP contribution in [0.4, 0.5) is 0 Å². The fourth-order valence-electron chi connectivity index (χ4n) is 2.41. The average Bonchev–Trinajstić information content (AvgIpc) is 2.90. The highest BCUT2D eigenvalue weighted by Gasteiger charge is 2.32. The van der Waals surface area contributed by atoms with Crippen LogP contribution < -0.4 is 5.32 Å². The summed E-state index contributed by atoms with van der Waals surface area (Å²) in [5.41, 5.74) is 0. The van der Waals surface area contributed by atoms with Crippen molar-refractivity contribution in [3.63, 3.8) is 0 Å². The van der Waals surface area contributed by atoms with E-state index < -0.39 is 0 Å². The summed E-state index contributed by atoms with van der Waals surface area (Å²) < 4.78 is 5.11. The average molecular weight is 263 g/mol. The van der Waals surface area contributed by atoms with Crippen LogP contribution in [0.2, 0.25) is 0 Å². The van der Waals surface area contributed by atoms with Gasteiger partial charge in [0.15, 0.2) is 5.76 Å². The smallest absolute Gasteiger partial charge is 0.289 e. The van der Waals surface area contributed by atoms with Crippen LogP contribution in [-0.4, -0.2) is 60.9 Å². The largest absolute Gasteiger partial charge is 0.459 e. The molecular weight excluding hydrogens is 246 g/mol. The van der Waals surface area contributed by atoms with E-state index in [1.54, 1.807) is 17.0 Å². The van der Waals surface area contributed by atoms with Crippen LogP contribution in [0.15, 0.2) is 22.8 Å². The molecule has 2 fully saturated rings. The van der Waals surface area contributed by atoms with Crippen molar-refractivity contribution in [2.24, 2.45) is 5.92 Å². The Hall–Kier alpha value is -1.82. The van der Waals surface area contributed by atoms with E-state index in [4.69, 9.17) is 4.42 Å². The number of rotatable bonds is 2. The number of amides is 2. The second kappa shape index (κ2) is 5.05. The first-order valence-corrected chi connectivity index (χ1v) is 6.58. The van der Waals surface area contributed by atoms with E-state index in [-0.39, 0.29) is 17.7 Å². The summed E-state index contributed by atoms with van der Waals surface area (Å²) in [5.74, 6) is 0.613. The van der Waals surface area contributed by atoms with E-state index >= 15 is 0 Å². The summed E-state index contributed by atoms with van der Waals surface area (Å²) in [5, 5.41) is 3.10. The SMILES string of the molecule is O=C(c1ccco1)N1CCN(C(=O)C2CNC2)CC1. The number of furan rings is 1. The molecule has 102 valence electrons. The lowest BCUT2D eigenvalue weighted by atomic mass is 10.0. The molecule has 3 heterocycles. The monoisotopic (exact) mass is 263 g/mol. The predicted molar refractivity (Wildman–Crippen MR) is 67.6 cm³/mol. The first kappa shape index (κ1) is 12.2. The Balaban J connectivity index is 1.54. The molecule has 0 atom stereocenters. The van der Waals surface area contributed by atoms with E-state index in [2.05, 4.69) is 5.32 Å². The molecule has 0 bridgehead atoms. The second-order valence-corrected chi connectivity index (χ2v) is 4.95. The third-order valence-corrected chi connectivity index (χ3v) is 3.74. The zero-order chi connectivity index (χ0) is 13.2. The highest BCUT2D eigenvalue weighted by Crippen LogP contribution is 2.13. The van der Waals surface area contributed by atoms with E-state index in [0.717, 1.165) is 13.1 Å². The number of hydrogen-bond acceptors (Lipinski definition) is 4. The fraction of sp³-hybridized carbons (Fsp3) is 0.538. The van der Waals surface area contributed by atoms with Gasteiger partial charge in [0, 0.05) is 39.3 Å². The molecule has 1 aromatic rings. The van der Waals surface area contributed by atoms with Crippen molar-refractivity contribution in [2.45, 2.75) is 0 Å². The third kappa shape index (κ3) is 2.35. The van der Waals surface area contributed by atoms with Gasteiger partial charge in [0.05, 0.1) is 12.2 Å². The summed E-state index contributed by atoms with van der Waals surface area (Å²) in [6, 6.07) is 3.37. The van der Waals surface area contributed by atoms with Gasteiger partial charge in [0.25, 0.3) is 5.91 Å². The molecule has 0 radical (unpaired) electrons. The van der Waals surface area contributed by atoms with Crippen LogP contribution in [0.3, 0.4) is 0 Å². The summed E-state index contributed by atoms with van der Waals surface area (Å²) in [7, 11) is 0. The van der Waals surface area contributed by atoms with Crippen molar-refractivity contribution in [3.8, 4) is 0 Å². The standard InChI is InChI=1S/C13H17N3O3/c17-12(10-8-14-9-10)15-3-5-16(6-4-15)13(18)11-2-1-7-19-11/h1-2,7,10,14H,3-6,8-9H2. The van der Waals surface area contributed by atoms with E-state index in [0.29, 0.717) is 31.9 Å². The number of nitrogens with zero attached hydrogens (tertiary/aromatic N) is 2. The minimum atomic E-state index is -0.0950. The fourth-order valence-corrected chi connectivity index (χ4v) is 2.41. The molecule has 2 saturated heterocycles. The molecule has 3 rings (SSSR count). The maximum atomic E-state index is 12.1. The molecule has 0 spiro atoms. The highest BCUT2D eigenvalue weighted by atomic mass is 16.3. The lowest BCUT2D eigenvalue weighted by Crippen LogP contribution is -2.57. The molecule has 2 aliphatic rings. The number of hydrogen-bond donors (Lipinski definition) is 1. The lowest BCUT2D eigenvalue weighted by Gasteiger charge is -2.38. The Kier molecular flexibility index (Phi) is 3.25. The predicted octanol–water partition coefficient (Wildman–Crippen LogP) is -0.217. The number of carbonyl (C=O) groups excluding carboxylic acids is 2. The molecule has 2 amide bonds. The molecule has 0 unspecified atom stereocenters. The molecule has 19 heavy (non-hydrogen) atoms. The minimum absolute atomic E-state index is 0.0950. The van der Waals surface area contributed by atoms with Gasteiger partial charge in [0.1, 0.15) is 0 Å². The van der Waals surface area contributed by atoms with Crippen molar-refractivity contribution in [1.29, 1.82) is 0 Å². The van der Waals surface area contributed by atoms with Crippen LogP contribution >= 0.6 is 0 Å². The van der Waals surface area contributed by atoms with Crippen LogP contribution in [0.5, 0.6) is 0 Å².